The highest BCUT2D eigenvalue weighted by molar-refractivity contribution is 5.46. The van der Waals surface area contributed by atoms with Gasteiger partial charge in [0.05, 0.1) is 7.11 Å². The van der Waals surface area contributed by atoms with Crippen molar-refractivity contribution in [2.75, 3.05) is 12.4 Å². The Morgan fingerprint density at radius 2 is 1.80 bits per heavy atom. The second kappa shape index (κ2) is 5.72. The molecule has 0 saturated carbocycles. The van der Waals surface area contributed by atoms with E-state index in [1.54, 1.807) is 6.07 Å². The van der Waals surface area contributed by atoms with E-state index in [1.165, 1.54) is 19.4 Å². The molecule has 2 heterocycles. The maximum absolute atomic E-state index is 13.3. The molecule has 20 heavy (non-hydrogen) atoms. The van der Waals surface area contributed by atoms with Crippen LogP contribution in [0.25, 0.3) is 0 Å². The smallest absolute Gasteiger partial charge is 0.253 e. The van der Waals surface area contributed by atoms with E-state index in [9.17, 15) is 17.6 Å². The predicted octanol–water partition coefficient (Wildman–Crippen LogP) is 2.65. The van der Waals surface area contributed by atoms with Crippen molar-refractivity contribution in [1.82, 2.24) is 9.97 Å². The Labute approximate surface area is 111 Å². The van der Waals surface area contributed by atoms with E-state index in [0.29, 0.717) is 11.4 Å². The van der Waals surface area contributed by atoms with Gasteiger partial charge >= 0.3 is 0 Å². The largest absolute Gasteiger partial charge is 0.481 e. The van der Waals surface area contributed by atoms with Gasteiger partial charge in [-0.15, -0.1) is 0 Å². The van der Waals surface area contributed by atoms with Gasteiger partial charge in [-0.3, -0.25) is 0 Å². The average Bonchev–Trinajstić information content (AvgIpc) is 2.45. The Kier molecular flexibility index (Phi) is 4.02. The number of hydrogen-bond donors (Lipinski definition) is 1. The number of nitrogens with zero attached hydrogens (tertiary/aromatic N) is 2. The SMILES string of the molecule is COc1cc(CNc2c(F)c(F)nc(F)c2F)ccn1. The van der Waals surface area contributed by atoms with Crippen LogP contribution in [0.4, 0.5) is 23.2 Å². The molecule has 0 amide bonds. The van der Waals surface area contributed by atoms with Gasteiger partial charge in [0, 0.05) is 18.8 Å². The van der Waals surface area contributed by atoms with Gasteiger partial charge in [-0.05, 0) is 11.6 Å². The summed E-state index contributed by atoms with van der Waals surface area (Å²) in [6.07, 6.45) is 1.43. The summed E-state index contributed by atoms with van der Waals surface area (Å²) in [7, 11) is 1.41. The first kappa shape index (κ1) is 14.0. The zero-order valence-electron chi connectivity index (χ0n) is 10.3. The maximum atomic E-state index is 13.3. The molecule has 0 radical (unpaired) electrons. The number of rotatable bonds is 4. The number of pyridine rings is 2. The summed E-state index contributed by atoms with van der Waals surface area (Å²) in [5, 5.41) is 2.28. The molecule has 0 spiro atoms. The quantitative estimate of drug-likeness (QED) is 0.693. The maximum Gasteiger partial charge on any atom is 0.253 e. The fourth-order valence-electron chi connectivity index (χ4n) is 1.50. The highest BCUT2D eigenvalue weighted by Crippen LogP contribution is 2.22. The third kappa shape index (κ3) is 2.79. The fraction of sp³-hybridized carbons (Fsp3) is 0.167. The van der Waals surface area contributed by atoms with Crippen LogP contribution in [0.1, 0.15) is 5.56 Å². The van der Waals surface area contributed by atoms with Crippen molar-refractivity contribution in [3.63, 3.8) is 0 Å². The summed E-state index contributed by atoms with van der Waals surface area (Å²) in [5.41, 5.74) is -0.348. The lowest BCUT2D eigenvalue weighted by Crippen LogP contribution is -2.09. The van der Waals surface area contributed by atoms with E-state index in [-0.39, 0.29) is 6.54 Å². The summed E-state index contributed by atoms with van der Waals surface area (Å²) in [6, 6.07) is 3.07. The molecular formula is C12H9F4N3O. The Morgan fingerprint density at radius 1 is 1.15 bits per heavy atom. The highest BCUT2D eigenvalue weighted by Gasteiger charge is 2.20. The van der Waals surface area contributed by atoms with Gasteiger partial charge in [0.25, 0.3) is 11.9 Å². The van der Waals surface area contributed by atoms with Crippen LogP contribution in [0.15, 0.2) is 18.3 Å². The first-order valence-electron chi connectivity index (χ1n) is 5.45. The van der Waals surface area contributed by atoms with Crippen LogP contribution in [-0.4, -0.2) is 17.1 Å². The van der Waals surface area contributed by atoms with Crippen molar-refractivity contribution in [2.45, 2.75) is 6.54 Å². The van der Waals surface area contributed by atoms with Gasteiger partial charge in [0.1, 0.15) is 5.69 Å². The lowest BCUT2D eigenvalue weighted by molar-refractivity contribution is 0.397. The molecule has 2 aromatic rings. The standard InChI is InChI=1S/C12H9F4N3O/c1-20-7-4-6(2-3-17-7)5-18-10-8(13)11(15)19-12(16)9(10)14/h2-4H,5H2,1H3,(H,18,19). The normalized spacial score (nSPS) is 10.4. The Hall–Kier alpha value is -2.38. The number of nitrogens with one attached hydrogen (secondary N) is 1. The minimum atomic E-state index is -1.71. The Balaban J connectivity index is 2.22. The molecule has 0 aliphatic heterocycles. The van der Waals surface area contributed by atoms with Crippen LogP contribution in [-0.2, 0) is 6.54 Å². The number of hydrogen-bond acceptors (Lipinski definition) is 4. The van der Waals surface area contributed by atoms with Crippen molar-refractivity contribution in [2.24, 2.45) is 0 Å². The second-order valence-electron chi connectivity index (χ2n) is 3.76. The number of ether oxygens (including phenoxy) is 1. The summed E-state index contributed by atoms with van der Waals surface area (Å²) in [5.74, 6) is -6.27. The van der Waals surface area contributed by atoms with Crippen LogP contribution in [0.3, 0.4) is 0 Å². The van der Waals surface area contributed by atoms with Gasteiger partial charge < -0.3 is 10.1 Å². The van der Waals surface area contributed by atoms with Gasteiger partial charge in [0.2, 0.25) is 17.5 Å². The lowest BCUT2D eigenvalue weighted by Gasteiger charge is -2.09. The van der Waals surface area contributed by atoms with Crippen LogP contribution in [0.2, 0.25) is 0 Å². The minimum Gasteiger partial charge on any atom is -0.481 e. The molecule has 106 valence electrons. The van der Waals surface area contributed by atoms with Crippen molar-refractivity contribution in [1.29, 1.82) is 0 Å². The van der Waals surface area contributed by atoms with Gasteiger partial charge in [-0.25, -0.2) is 4.98 Å². The van der Waals surface area contributed by atoms with Gasteiger partial charge in [-0.2, -0.15) is 22.5 Å². The summed E-state index contributed by atoms with van der Waals surface area (Å²) >= 11 is 0. The van der Waals surface area contributed by atoms with E-state index in [0.717, 1.165) is 0 Å². The monoisotopic (exact) mass is 287 g/mol. The Bertz CT molecular complexity index is 610. The topological polar surface area (TPSA) is 47.0 Å². The molecule has 0 unspecified atom stereocenters. The fourth-order valence-corrected chi connectivity index (χ4v) is 1.50. The number of aromatic nitrogens is 2. The van der Waals surface area contributed by atoms with E-state index in [4.69, 9.17) is 4.74 Å². The molecular weight excluding hydrogens is 278 g/mol. The van der Waals surface area contributed by atoms with E-state index >= 15 is 0 Å². The van der Waals surface area contributed by atoms with Crippen LogP contribution in [0, 0.1) is 23.5 Å². The molecule has 2 rings (SSSR count). The van der Waals surface area contributed by atoms with Crippen LogP contribution >= 0.6 is 0 Å². The van der Waals surface area contributed by atoms with Crippen molar-refractivity contribution >= 4 is 5.69 Å². The van der Waals surface area contributed by atoms with E-state index in [1.807, 2.05) is 0 Å². The minimum absolute atomic E-state index is 0.0738. The summed E-state index contributed by atoms with van der Waals surface area (Å²) < 4.78 is 57.4. The molecule has 2 aromatic heterocycles. The first-order valence-corrected chi connectivity index (χ1v) is 5.45. The van der Waals surface area contributed by atoms with Crippen LogP contribution < -0.4 is 10.1 Å². The van der Waals surface area contributed by atoms with Crippen molar-refractivity contribution in [3.05, 3.63) is 47.4 Å². The predicted molar refractivity (Wildman–Crippen MR) is 62.2 cm³/mol. The number of anilines is 1. The first-order chi connectivity index (χ1) is 9.52. The van der Waals surface area contributed by atoms with Gasteiger partial charge in [-0.1, -0.05) is 0 Å². The second-order valence-corrected chi connectivity index (χ2v) is 3.76. The van der Waals surface area contributed by atoms with E-state index in [2.05, 4.69) is 15.3 Å². The molecule has 1 N–H and O–H groups in total. The molecule has 4 nitrogen and oxygen atoms in total. The molecule has 8 heteroatoms. The van der Waals surface area contributed by atoms with E-state index < -0.39 is 29.2 Å². The number of methoxy groups -OCH3 is 1. The molecule has 0 saturated heterocycles. The molecule has 0 aromatic carbocycles. The van der Waals surface area contributed by atoms with Crippen molar-refractivity contribution < 1.29 is 22.3 Å². The molecule has 0 aliphatic carbocycles. The molecule has 0 fully saturated rings. The molecule has 0 bridgehead atoms. The summed E-state index contributed by atoms with van der Waals surface area (Å²) in [4.78, 5) is 6.31. The Morgan fingerprint density at radius 3 is 2.40 bits per heavy atom. The average molecular weight is 287 g/mol. The molecule has 0 atom stereocenters. The van der Waals surface area contributed by atoms with Crippen LogP contribution in [0.5, 0.6) is 5.88 Å². The summed E-state index contributed by atoms with van der Waals surface area (Å²) in [6.45, 7) is -0.0738. The zero-order valence-corrected chi connectivity index (χ0v) is 10.3. The van der Waals surface area contributed by atoms with Gasteiger partial charge in [0.15, 0.2) is 0 Å². The molecule has 0 aliphatic rings. The zero-order chi connectivity index (χ0) is 14.7. The lowest BCUT2D eigenvalue weighted by atomic mass is 10.2. The number of halogens is 4. The highest BCUT2D eigenvalue weighted by atomic mass is 19.2. The third-order valence-corrected chi connectivity index (χ3v) is 2.48. The van der Waals surface area contributed by atoms with Crippen molar-refractivity contribution in [3.8, 4) is 5.88 Å². The third-order valence-electron chi connectivity index (χ3n) is 2.48.